The van der Waals surface area contributed by atoms with Crippen LogP contribution in [0.3, 0.4) is 0 Å². The van der Waals surface area contributed by atoms with E-state index in [1.165, 1.54) is 0 Å². The lowest BCUT2D eigenvalue weighted by Crippen LogP contribution is -2.18. The molecule has 2 aromatic rings. The first-order valence-electron chi connectivity index (χ1n) is 12.5. The van der Waals surface area contributed by atoms with Crippen LogP contribution in [-0.2, 0) is 46.1 Å². The molecule has 0 aliphatic rings. The number of benzene rings is 2. The standard InChI is InChI=1S/C28H37NO9/c1-20-4-5-21(2)23(16-20)18-26(31)36-13-10-35-11-14-37-27(32)19-24-17-25(7-6-22(24)3)29-28(33)38-15-12-34-9-8-30/h4-7,16-17,30H,8-15,18-19H2,1-3H3,(H,29,33). The second-order valence-electron chi connectivity index (χ2n) is 8.57. The number of carbonyl (C=O) groups is 3. The summed E-state index contributed by atoms with van der Waals surface area (Å²) in [6.45, 7) is 6.67. The minimum absolute atomic E-state index is 0.0292. The summed E-state index contributed by atoms with van der Waals surface area (Å²) < 4.78 is 25.8. The first-order chi connectivity index (χ1) is 18.3. The molecule has 1 amide bonds. The molecule has 0 atom stereocenters. The number of amides is 1. The first-order valence-corrected chi connectivity index (χ1v) is 12.5. The predicted octanol–water partition coefficient (Wildman–Crippen LogP) is 3.06. The van der Waals surface area contributed by atoms with E-state index in [9.17, 15) is 14.4 Å². The van der Waals surface area contributed by atoms with Crippen LogP contribution < -0.4 is 5.32 Å². The highest BCUT2D eigenvalue weighted by Crippen LogP contribution is 2.17. The number of aliphatic hydroxyl groups is 1. The summed E-state index contributed by atoms with van der Waals surface area (Å²) in [6, 6.07) is 11.1. The molecule has 0 aliphatic carbocycles. The van der Waals surface area contributed by atoms with Crippen molar-refractivity contribution in [2.75, 3.05) is 58.2 Å². The first kappa shape index (κ1) is 30.8. The van der Waals surface area contributed by atoms with Gasteiger partial charge in [-0.15, -0.1) is 0 Å². The molecule has 2 N–H and O–H groups in total. The van der Waals surface area contributed by atoms with Crippen molar-refractivity contribution in [3.8, 4) is 0 Å². The Morgan fingerprint density at radius 1 is 0.684 bits per heavy atom. The number of carbonyl (C=O) groups excluding carboxylic acids is 3. The molecule has 0 saturated carbocycles. The molecule has 10 nitrogen and oxygen atoms in total. The molecular formula is C28H37NO9. The van der Waals surface area contributed by atoms with Crippen LogP contribution in [0, 0.1) is 20.8 Å². The lowest BCUT2D eigenvalue weighted by Gasteiger charge is -2.11. The van der Waals surface area contributed by atoms with Crippen LogP contribution in [0.5, 0.6) is 0 Å². The third-order valence-corrected chi connectivity index (χ3v) is 5.45. The van der Waals surface area contributed by atoms with Crippen LogP contribution in [0.2, 0.25) is 0 Å². The normalized spacial score (nSPS) is 10.6. The number of hydrogen-bond donors (Lipinski definition) is 2. The number of rotatable bonds is 16. The number of aryl methyl sites for hydroxylation is 3. The smallest absolute Gasteiger partial charge is 0.411 e. The summed E-state index contributed by atoms with van der Waals surface area (Å²) >= 11 is 0. The summed E-state index contributed by atoms with van der Waals surface area (Å²) in [6.07, 6.45) is -0.410. The van der Waals surface area contributed by atoms with Gasteiger partial charge in [0.1, 0.15) is 19.8 Å². The number of hydrogen-bond acceptors (Lipinski definition) is 9. The Hall–Kier alpha value is -3.47. The van der Waals surface area contributed by atoms with Crippen LogP contribution in [-0.4, -0.2) is 76.0 Å². The van der Waals surface area contributed by atoms with E-state index in [-0.39, 0.29) is 71.7 Å². The van der Waals surface area contributed by atoms with Crippen LogP contribution in [0.4, 0.5) is 10.5 Å². The number of nitrogens with one attached hydrogen (secondary N) is 1. The fourth-order valence-electron chi connectivity index (χ4n) is 3.39. The fourth-order valence-corrected chi connectivity index (χ4v) is 3.39. The molecule has 0 spiro atoms. The van der Waals surface area contributed by atoms with Crippen molar-refractivity contribution in [2.45, 2.75) is 33.6 Å². The zero-order chi connectivity index (χ0) is 27.8. The van der Waals surface area contributed by atoms with Crippen molar-refractivity contribution in [2.24, 2.45) is 0 Å². The van der Waals surface area contributed by atoms with Gasteiger partial charge in [0.2, 0.25) is 0 Å². The van der Waals surface area contributed by atoms with E-state index in [2.05, 4.69) is 5.32 Å². The van der Waals surface area contributed by atoms with E-state index in [1.54, 1.807) is 18.2 Å². The Balaban J connectivity index is 1.61. The summed E-state index contributed by atoms with van der Waals surface area (Å²) in [5.74, 6) is -0.751. The van der Waals surface area contributed by atoms with Crippen molar-refractivity contribution in [3.63, 3.8) is 0 Å². The van der Waals surface area contributed by atoms with Crippen LogP contribution in [0.1, 0.15) is 27.8 Å². The Morgan fingerprint density at radius 3 is 1.82 bits per heavy atom. The van der Waals surface area contributed by atoms with Gasteiger partial charge in [-0.05, 0) is 55.2 Å². The molecule has 208 valence electrons. The Bertz CT molecular complexity index is 1050. The van der Waals surface area contributed by atoms with Gasteiger partial charge in [-0.1, -0.05) is 29.8 Å². The molecule has 0 fully saturated rings. The zero-order valence-electron chi connectivity index (χ0n) is 22.2. The average molecular weight is 532 g/mol. The molecule has 2 rings (SSSR count). The quantitative estimate of drug-likeness (QED) is 0.191. The molecule has 38 heavy (non-hydrogen) atoms. The second kappa shape index (κ2) is 17.1. The van der Waals surface area contributed by atoms with Gasteiger partial charge in [0.25, 0.3) is 0 Å². The molecule has 10 heteroatoms. The molecule has 0 unspecified atom stereocenters. The average Bonchev–Trinajstić information content (AvgIpc) is 2.87. The Kier molecular flexibility index (Phi) is 13.9. The van der Waals surface area contributed by atoms with E-state index < -0.39 is 12.1 Å². The van der Waals surface area contributed by atoms with Crippen molar-refractivity contribution in [3.05, 3.63) is 64.2 Å². The topological polar surface area (TPSA) is 130 Å². The Labute approximate surface area is 223 Å². The molecule has 0 saturated heterocycles. The highest BCUT2D eigenvalue weighted by atomic mass is 16.6. The van der Waals surface area contributed by atoms with E-state index >= 15 is 0 Å². The van der Waals surface area contributed by atoms with Gasteiger partial charge in [-0.25, -0.2) is 4.79 Å². The minimum atomic E-state index is -0.650. The number of aliphatic hydroxyl groups excluding tert-OH is 1. The lowest BCUT2D eigenvalue weighted by atomic mass is 10.0. The SMILES string of the molecule is Cc1ccc(C)c(CC(=O)OCCOCCOC(=O)Cc2cc(NC(=O)OCCOCCO)ccc2C)c1. The lowest BCUT2D eigenvalue weighted by molar-refractivity contribution is -0.145. The summed E-state index contributed by atoms with van der Waals surface area (Å²) in [7, 11) is 0. The van der Waals surface area contributed by atoms with Crippen molar-refractivity contribution >= 4 is 23.7 Å². The van der Waals surface area contributed by atoms with E-state index in [0.29, 0.717) is 11.3 Å². The molecule has 0 heterocycles. The molecule has 2 aromatic carbocycles. The third kappa shape index (κ3) is 12.2. The molecule has 0 aromatic heterocycles. The van der Waals surface area contributed by atoms with Gasteiger partial charge < -0.3 is 28.8 Å². The largest absolute Gasteiger partial charge is 0.463 e. The van der Waals surface area contributed by atoms with Gasteiger partial charge in [-0.2, -0.15) is 0 Å². The molecule has 0 radical (unpaired) electrons. The predicted molar refractivity (Wildman–Crippen MR) is 140 cm³/mol. The van der Waals surface area contributed by atoms with E-state index in [0.717, 1.165) is 22.3 Å². The second-order valence-corrected chi connectivity index (χ2v) is 8.57. The van der Waals surface area contributed by atoms with Crippen molar-refractivity contribution in [1.82, 2.24) is 0 Å². The van der Waals surface area contributed by atoms with E-state index in [1.807, 2.05) is 39.0 Å². The minimum Gasteiger partial charge on any atom is -0.463 e. The van der Waals surface area contributed by atoms with E-state index in [4.69, 9.17) is 28.8 Å². The Morgan fingerprint density at radius 2 is 1.21 bits per heavy atom. The monoisotopic (exact) mass is 531 g/mol. The number of anilines is 1. The maximum atomic E-state index is 12.2. The molecular weight excluding hydrogens is 494 g/mol. The van der Waals surface area contributed by atoms with Gasteiger partial charge in [0.05, 0.1) is 45.9 Å². The third-order valence-electron chi connectivity index (χ3n) is 5.45. The van der Waals surface area contributed by atoms with Gasteiger partial charge in [-0.3, -0.25) is 14.9 Å². The molecule has 0 bridgehead atoms. The van der Waals surface area contributed by atoms with Crippen molar-refractivity contribution < 1.29 is 43.2 Å². The summed E-state index contributed by atoms with van der Waals surface area (Å²) in [4.78, 5) is 36.2. The van der Waals surface area contributed by atoms with Gasteiger partial charge in [0, 0.05) is 5.69 Å². The summed E-state index contributed by atoms with van der Waals surface area (Å²) in [5, 5.41) is 11.2. The number of esters is 2. The van der Waals surface area contributed by atoms with Crippen LogP contribution >= 0.6 is 0 Å². The maximum absolute atomic E-state index is 12.2. The summed E-state index contributed by atoms with van der Waals surface area (Å²) in [5.41, 5.74) is 5.14. The highest BCUT2D eigenvalue weighted by Gasteiger charge is 2.11. The highest BCUT2D eigenvalue weighted by molar-refractivity contribution is 5.85. The number of ether oxygens (including phenoxy) is 5. The van der Waals surface area contributed by atoms with Crippen molar-refractivity contribution in [1.29, 1.82) is 0 Å². The molecule has 0 aliphatic heterocycles. The van der Waals surface area contributed by atoms with Gasteiger partial charge >= 0.3 is 18.0 Å². The van der Waals surface area contributed by atoms with Gasteiger partial charge in [0.15, 0.2) is 0 Å². The van der Waals surface area contributed by atoms with Crippen LogP contribution in [0.15, 0.2) is 36.4 Å². The maximum Gasteiger partial charge on any atom is 0.411 e. The van der Waals surface area contributed by atoms with Crippen LogP contribution in [0.25, 0.3) is 0 Å². The fraction of sp³-hybridized carbons (Fsp3) is 0.464. The zero-order valence-corrected chi connectivity index (χ0v) is 22.2.